The van der Waals surface area contributed by atoms with Gasteiger partial charge in [0.1, 0.15) is 10.6 Å². The van der Waals surface area contributed by atoms with Crippen molar-refractivity contribution in [3.63, 3.8) is 0 Å². The Labute approximate surface area is 194 Å². The lowest BCUT2D eigenvalue weighted by molar-refractivity contribution is 0.0831. The van der Waals surface area contributed by atoms with Crippen molar-refractivity contribution >= 4 is 27.5 Å². The predicted molar refractivity (Wildman–Crippen MR) is 129 cm³/mol. The van der Waals surface area contributed by atoms with Crippen LogP contribution >= 0.6 is 11.3 Å². The summed E-state index contributed by atoms with van der Waals surface area (Å²) in [5, 5.41) is 0.339. The van der Waals surface area contributed by atoms with Gasteiger partial charge in [-0.2, -0.15) is 0 Å². The van der Waals surface area contributed by atoms with Crippen LogP contribution in [0.15, 0.2) is 58.1 Å². The van der Waals surface area contributed by atoms with E-state index in [1.165, 1.54) is 21.6 Å². The van der Waals surface area contributed by atoms with Crippen molar-refractivity contribution in [2.24, 2.45) is 0 Å². The third kappa shape index (κ3) is 4.02. The SMILES string of the molecule is CCc1ccc(-n2c(=O)c3c(C)c(C(=O)N(C)C)sc3n(Cc3ccc(F)cc3)c2=O)cc1. The highest BCUT2D eigenvalue weighted by molar-refractivity contribution is 7.20. The zero-order valence-electron chi connectivity index (χ0n) is 18.9. The Morgan fingerprint density at radius 1 is 1.00 bits per heavy atom. The molecular weight excluding hydrogens is 441 g/mol. The van der Waals surface area contributed by atoms with Crippen LogP contribution in [-0.4, -0.2) is 34.0 Å². The zero-order chi connectivity index (χ0) is 23.9. The van der Waals surface area contributed by atoms with Gasteiger partial charge in [0.2, 0.25) is 0 Å². The quantitative estimate of drug-likeness (QED) is 0.448. The molecule has 0 aliphatic rings. The molecule has 6 nitrogen and oxygen atoms in total. The number of hydrogen-bond acceptors (Lipinski definition) is 4. The second-order valence-corrected chi connectivity index (χ2v) is 9.09. The Kier molecular flexibility index (Phi) is 6.03. The number of carbonyl (C=O) groups is 1. The molecule has 1 amide bonds. The first kappa shape index (κ1) is 22.7. The Balaban J connectivity index is 2.04. The predicted octanol–water partition coefficient (Wildman–Crippen LogP) is 3.97. The van der Waals surface area contributed by atoms with E-state index in [0.29, 0.717) is 31.9 Å². The molecular formula is C25H24FN3O3S. The number of rotatable bonds is 5. The summed E-state index contributed by atoms with van der Waals surface area (Å²) in [6.07, 6.45) is 0.836. The third-order valence-corrected chi connectivity index (χ3v) is 6.97. The van der Waals surface area contributed by atoms with Crippen molar-refractivity contribution in [2.75, 3.05) is 14.1 Å². The van der Waals surface area contributed by atoms with Gasteiger partial charge < -0.3 is 4.90 Å². The van der Waals surface area contributed by atoms with Gasteiger partial charge in [0.05, 0.1) is 22.5 Å². The normalized spacial score (nSPS) is 11.2. The van der Waals surface area contributed by atoms with E-state index in [1.54, 1.807) is 45.3 Å². The summed E-state index contributed by atoms with van der Waals surface area (Å²) in [5.41, 5.74) is 1.84. The van der Waals surface area contributed by atoms with E-state index in [2.05, 4.69) is 0 Å². The first-order chi connectivity index (χ1) is 15.7. The second kappa shape index (κ2) is 8.78. The third-order valence-electron chi connectivity index (χ3n) is 5.67. The van der Waals surface area contributed by atoms with Crippen LogP contribution < -0.4 is 11.2 Å². The lowest BCUT2D eigenvalue weighted by Gasteiger charge is -2.13. The van der Waals surface area contributed by atoms with Gasteiger partial charge in [-0.05, 0) is 54.3 Å². The van der Waals surface area contributed by atoms with Gasteiger partial charge in [0.25, 0.3) is 11.5 Å². The average Bonchev–Trinajstić information content (AvgIpc) is 3.15. The summed E-state index contributed by atoms with van der Waals surface area (Å²) in [4.78, 5) is 42.2. The van der Waals surface area contributed by atoms with Crippen LogP contribution in [0.3, 0.4) is 0 Å². The molecule has 0 saturated carbocycles. The van der Waals surface area contributed by atoms with Crippen LogP contribution in [-0.2, 0) is 13.0 Å². The minimum absolute atomic E-state index is 0.137. The number of aromatic nitrogens is 2. The van der Waals surface area contributed by atoms with Crippen LogP contribution in [0.2, 0.25) is 0 Å². The Bertz CT molecular complexity index is 1460. The van der Waals surface area contributed by atoms with E-state index < -0.39 is 11.2 Å². The lowest BCUT2D eigenvalue weighted by atomic mass is 10.1. The van der Waals surface area contributed by atoms with E-state index >= 15 is 0 Å². The fourth-order valence-corrected chi connectivity index (χ4v) is 5.09. The number of amides is 1. The first-order valence-corrected chi connectivity index (χ1v) is 11.4. The molecule has 4 rings (SSSR count). The molecule has 2 aromatic heterocycles. The summed E-state index contributed by atoms with van der Waals surface area (Å²) in [6, 6.07) is 13.1. The summed E-state index contributed by atoms with van der Waals surface area (Å²) in [5.74, 6) is -0.601. The van der Waals surface area contributed by atoms with Crippen LogP contribution in [0.25, 0.3) is 15.9 Å². The van der Waals surface area contributed by atoms with Crippen molar-refractivity contribution in [3.05, 3.63) is 96.8 Å². The monoisotopic (exact) mass is 465 g/mol. The molecule has 8 heteroatoms. The molecule has 33 heavy (non-hydrogen) atoms. The van der Waals surface area contributed by atoms with Crippen molar-refractivity contribution in [3.8, 4) is 5.69 Å². The van der Waals surface area contributed by atoms with E-state index in [-0.39, 0.29) is 18.3 Å². The summed E-state index contributed by atoms with van der Waals surface area (Å²) < 4.78 is 16.1. The Morgan fingerprint density at radius 3 is 2.18 bits per heavy atom. The van der Waals surface area contributed by atoms with Gasteiger partial charge in [0, 0.05) is 14.1 Å². The zero-order valence-corrected chi connectivity index (χ0v) is 19.7. The molecule has 2 aromatic carbocycles. The first-order valence-electron chi connectivity index (χ1n) is 10.6. The smallest absolute Gasteiger partial charge is 0.337 e. The van der Waals surface area contributed by atoms with Gasteiger partial charge >= 0.3 is 5.69 Å². The highest BCUT2D eigenvalue weighted by Gasteiger charge is 2.24. The van der Waals surface area contributed by atoms with Crippen molar-refractivity contribution in [1.29, 1.82) is 0 Å². The molecule has 0 saturated heterocycles. The molecule has 170 valence electrons. The number of nitrogens with zero attached hydrogens (tertiary/aromatic N) is 3. The number of fused-ring (bicyclic) bond motifs is 1. The van der Waals surface area contributed by atoms with Gasteiger partial charge in [-0.1, -0.05) is 31.2 Å². The maximum absolute atomic E-state index is 13.6. The van der Waals surface area contributed by atoms with E-state index in [0.717, 1.165) is 27.9 Å². The standard InChI is InChI=1S/C25H24FN3O3S/c1-5-16-8-12-19(13-9-16)29-22(30)20-15(2)21(23(31)27(3)4)33-24(20)28(25(29)32)14-17-6-10-18(26)11-7-17/h6-13H,5,14H2,1-4H3. The summed E-state index contributed by atoms with van der Waals surface area (Å²) >= 11 is 1.13. The van der Waals surface area contributed by atoms with Crippen LogP contribution in [0.4, 0.5) is 4.39 Å². The van der Waals surface area contributed by atoms with Gasteiger partial charge in [0.15, 0.2) is 0 Å². The Hall–Kier alpha value is -3.52. The molecule has 0 N–H and O–H groups in total. The van der Waals surface area contributed by atoms with Gasteiger partial charge in [-0.3, -0.25) is 14.2 Å². The van der Waals surface area contributed by atoms with Crippen LogP contribution in [0.1, 0.15) is 33.3 Å². The van der Waals surface area contributed by atoms with E-state index in [1.807, 2.05) is 19.1 Å². The topological polar surface area (TPSA) is 64.3 Å². The fraction of sp³-hybridized carbons (Fsp3) is 0.240. The highest BCUT2D eigenvalue weighted by atomic mass is 32.1. The fourth-order valence-electron chi connectivity index (χ4n) is 3.77. The largest absolute Gasteiger partial charge is 0.344 e. The molecule has 0 bridgehead atoms. The number of hydrogen-bond donors (Lipinski definition) is 0. The lowest BCUT2D eigenvalue weighted by Crippen LogP contribution is -2.38. The van der Waals surface area contributed by atoms with Crippen LogP contribution in [0.5, 0.6) is 0 Å². The summed E-state index contributed by atoms with van der Waals surface area (Å²) in [6.45, 7) is 3.90. The maximum Gasteiger partial charge on any atom is 0.337 e. The molecule has 0 spiro atoms. The number of benzene rings is 2. The molecule has 2 heterocycles. The van der Waals surface area contributed by atoms with Crippen LogP contribution in [0, 0.1) is 12.7 Å². The molecule has 0 fully saturated rings. The van der Waals surface area contributed by atoms with Crippen molar-refractivity contribution in [2.45, 2.75) is 26.8 Å². The number of carbonyl (C=O) groups excluding carboxylic acids is 1. The van der Waals surface area contributed by atoms with Crippen molar-refractivity contribution in [1.82, 2.24) is 14.0 Å². The van der Waals surface area contributed by atoms with E-state index in [4.69, 9.17) is 0 Å². The summed E-state index contributed by atoms with van der Waals surface area (Å²) in [7, 11) is 3.29. The molecule has 0 aliphatic heterocycles. The maximum atomic E-state index is 13.6. The second-order valence-electron chi connectivity index (χ2n) is 8.09. The molecule has 0 aliphatic carbocycles. The van der Waals surface area contributed by atoms with Gasteiger partial charge in [-0.15, -0.1) is 11.3 Å². The Morgan fingerprint density at radius 2 is 1.61 bits per heavy atom. The van der Waals surface area contributed by atoms with Crippen molar-refractivity contribution < 1.29 is 9.18 Å². The molecule has 0 unspecified atom stereocenters. The average molecular weight is 466 g/mol. The molecule has 0 atom stereocenters. The van der Waals surface area contributed by atoms with E-state index in [9.17, 15) is 18.8 Å². The van der Waals surface area contributed by atoms with Gasteiger partial charge in [-0.25, -0.2) is 13.8 Å². The minimum Gasteiger partial charge on any atom is -0.344 e. The number of thiophene rings is 1. The molecule has 0 radical (unpaired) electrons. The molecule has 4 aromatic rings. The number of aryl methyl sites for hydroxylation is 2. The number of halogens is 1. The highest BCUT2D eigenvalue weighted by Crippen LogP contribution is 2.29. The minimum atomic E-state index is -0.508.